The van der Waals surface area contributed by atoms with Crippen LogP contribution in [0.25, 0.3) is 78.5 Å². The Morgan fingerprint density at radius 1 is 0.236 bits per heavy atom. The highest BCUT2D eigenvalue weighted by atomic mass is 15.2. The van der Waals surface area contributed by atoms with E-state index in [4.69, 9.17) is 0 Å². The van der Waals surface area contributed by atoms with Gasteiger partial charge in [-0.1, -0.05) is 243 Å². The van der Waals surface area contributed by atoms with Crippen LogP contribution in [-0.2, 0) is 0 Å². The van der Waals surface area contributed by atoms with Gasteiger partial charge in [-0.2, -0.15) is 0 Å². The molecule has 2 nitrogen and oxygen atoms in total. The van der Waals surface area contributed by atoms with Crippen molar-refractivity contribution in [3.8, 4) is 11.1 Å². The largest absolute Gasteiger partial charge is 0.309 e. The summed E-state index contributed by atoms with van der Waals surface area (Å²) in [6.07, 6.45) is 8.74. The van der Waals surface area contributed by atoms with Crippen molar-refractivity contribution in [1.29, 1.82) is 0 Å². The Labute approximate surface area is 422 Å². The van der Waals surface area contributed by atoms with Crippen molar-refractivity contribution in [1.82, 2.24) is 0 Å². The third kappa shape index (κ3) is 8.19. The zero-order valence-corrected chi connectivity index (χ0v) is 40.5. The van der Waals surface area contributed by atoms with Crippen LogP contribution in [-0.4, -0.2) is 0 Å². The van der Waals surface area contributed by atoms with E-state index in [1.54, 1.807) is 0 Å². The molecule has 12 aromatic carbocycles. The maximum absolute atomic E-state index is 2.48. The fourth-order valence-electron chi connectivity index (χ4n) is 10.6. The van der Waals surface area contributed by atoms with E-state index in [-0.39, 0.29) is 0 Å². The second kappa shape index (κ2) is 19.3. The smallest absolute Gasteiger partial charge is 0.0618 e. The van der Waals surface area contributed by atoms with Crippen LogP contribution in [0.15, 0.2) is 255 Å². The van der Waals surface area contributed by atoms with Gasteiger partial charge in [0, 0.05) is 44.3 Å². The Morgan fingerprint density at radius 2 is 0.486 bits per heavy atom. The summed E-state index contributed by atoms with van der Waals surface area (Å²) >= 11 is 0. The SMILES string of the molecule is Cc1ccccc1N(c1ccc(C=Cc2ccccc2)cc1)c1c2ccccc2c(-c2c3ccccc3c(N(c3ccc(C=Cc4ccccc4)cc3)c3ccccc3C)c3ccccc23)c2ccccc12. The van der Waals surface area contributed by atoms with Crippen LogP contribution in [0.1, 0.15) is 33.4 Å². The Kier molecular flexibility index (Phi) is 11.8. The van der Waals surface area contributed by atoms with E-state index in [1.165, 1.54) is 76.5 Å². The Hall–Kier alpha value is -9.24. The van der Waals surface area contributed by atoms with Crippen LogP contribution < -0.4 is 9.80 Å². The van der Waals surface area contributed by atoms with E-state index in [2.05, 4.69) is 303 Å². The molecular weight excluding hydrogens is 869 g/mol. The topological polar surface area (TPSA) is 6.48 Å². The number of nitrogens with zero attached hydrogens (tertiary/aromatic N) is 2. The molecule has 0 unspecified atom stereocenters. The van der Waals surface area contributed by atoms with Crippen molar-refractivity contribution in [2.24, 2.45) is 0 Å². The molecule has 0 bridgehead atoms. The van der Waals surface area contributed by atoms with Gasteiger partial charge in [0.1, 0.15) is 0 Å². The highest BCUT2D eigenvalue weighted by Gasteiger charge is 2.27. The van der Waals surface area contributed by atoms with Crippen LogP contribution in [0, 0.1) is 13.8 Å². The molecule has 0 aliphatic carbocycles. The van der Waals surface area contributed by atoms with Gasteiger partial charge in [-0.25, -0.2) is 0 Å². The average Bonchev–Trinajstić information content (AvgIpc) is 3.44. The molecule has 0 atom stereocenters. The lowest BCUT2D eigenvalue weighted by atomic mass is 9.84. The van der Waals surface area contributed by atoms with E-state index in [0.717, 1.165) is 45.3 Å². The quantitative estimate of drug-likeness (QED) is 0.0942. The Balaban J connectivity index is 1.09. The molecule has 0 aromatic heterocycles. The van der Waals surface area contributed by atoms with E-state index < -0.39 is 0 Å². The minimum atomic E-state index is 1.10. The zero-order chi connectivity index (χ0) is 48.4. The van der Waals surface area contributed by atoms with Crippen LogP contribution in [0.2, 0.25) is 0 Å². The van der Waals surface area contributed by atoms with E-state index in [1.807, 2.05) is 0 Å². The maximum atomic E-state index is 2.48. The number of benzene rings is 12. The van der Waals surface area contributed by atoms with Gasteiger partial charge in [-0.3, -0.25) is 0 Å². The summed E-state index contributed by atoms with van der Waals surface area (Å²) < 4.78 is 0. The monoisotopic (exact) mass is 920 g/mol. The van der Waals surface area contributed by atoms with Crippen molar-refractivity contribution in [2.45, 2.75) is 13.8 Å². The summed E-state index contributed by atoms with van der Waals surface area (Å²) in [6, 6.07) is 92.7. The first-order valence-corrected chi connectivity index (χ1v) is 24.8. The number of hydrogen-bond acceptors (Lipinski definition) is 2. The van der Waals surface area contributed by atoms with Gasteiger partial charge in [0.2, 0.25) is 0 Å². The molecule has 0 saturated heterocycles. The number of fused-ring (bicyclic) bond motifs is 4. The van der Waals surface area contributed by atoms with Crippen molar-refractivity contribution in [2.75, 3.05) is 9.80 Å². The summed E-state index contributed by atoms with van der Waals surface area (Å²) in [6.45, 7) is 4.44. The summed E-state index contributed by atoms with van der Waals surface area (Å²) in [4.78, 5) is 4.97. The van der Waals surface area contributed by atoms with Crippen molar-refractivity contribution < 1.29 is 0 Å². The minimum absolute atomic E-state index is 1.10. The maximum Gasteiger partial charge on any atom is 0.0618 e. The molecule has 0 saturated carbocycles. The molecule has 12 rings (SSSR count). The fraction of sp³-hybridized carbons (Fsp3) is 0.0286. The lowest BCUT2D eigenvalue weighted by molar-refractivity contribution is 1.27. The third-order valence-electron chi connectivity index (χ3n) is 14.1. The molecule has 0 fully saturated rings. The normalized spacial score (nSPS) is 11.6. The van der Waals surface area contributed by atoms with Gasteiger partial charge < -0.3 is 9.80 Å². The second-order valence-corrected chi connectivity index (χ2v) is 18.5. The number of anilines is 6. The van der Waals surface area contributed by atoms with Crippen molar-refractivity contribution in [3.63, 3.8) is 0 Å². The molecule has 0 radical (unpaired) electrons. The third-order valence-corrected chi connectivity index (χ3v) is 14.1. The lowest BCUT2D eigenvalue weighted by Gasteiger charge is -2.32. The number of rotatable bonds is 11. The van der Waals surface area contributed by atoms with Gasteiger partial charge in [0.25, 0.3) is 0 Å². The Bertz CT molecular complexity index is 3600. The predicted octanol–water partition coefficient (Wildman–Crippen LogP) is 19.9. The molecule has 342 valence electrons. The molecule has 72 heavy (non-hydrogen) atoms. The fourth-order valence-corrected chi connectivity index (χ4v) is 10.6. The summed E-state index contributed by atoms with van der Waals surface area (Å²) in [5.41, 5.74) is 16.3. The molecular formula is C70H52N2. The van der Waals surface area contributed by atoms with Gasteiger partial charge >= 0.3 is 0 Å². The van der Waals surface area contributed by atoms with Crippen LogP contribution >= 0.6 is 0 Å². The first-order chi connectivity index (χ1) is 35.6. The molecule has 0 aliphatic rings. The average molecular weight is 921 g/mol. The summed E-state index contributed by atoms with van der Waals surface area (Å²) in [5, 5.41) is 9.53. The van der Waals surface area contributed by atoms with E-state index in [9.17, 15) is 0 Å². The van der Waals surface area contributed by atoms with Gasteiger partial charge in [0.15, 0.2) is 0 Å². The van der Waals surface area contributed by atoms with Gasteiger partial charge in [-0.15, -0.1) is 0 Å². The summed E-state index contributed by atoms with van der Waals surface area (Å²) in [7, 11) is 0. The first kappa shape index (κ1) is 44.0. The lowest BCUT2D eigenvalue weighted by Crippen LogP contribution is -2.13. The molecule has 12 aromatic rings. The molecule has 0 N–H and O–H groups in total. The zero-order valence-electron chi connectivity index (χ0n) is 40.5. The van der Waals surface area contributed by atoms with Crippen molar-refractivity contribution in [3.05, 3.63) is 288 Å². The Morgan fingerprint density at radius 3 is 0.792 bits per heavy atom. The molecule has 0 aliphatic heterocycles. The first-order valence-electron chi connectivity index (χ1n) is 24.8. The number of aryl methyl sites for hydroxylation is 2. The molecule has 0 amide bonds. The standard InChI is InChI=1S/C70H52N2/c1-49-21-9-19-35-65(49)71(55-45-41-53(42-46-55)39-37-51-23-5-3-6-24-51)69-61-31-15-11-27-57(61)67(58-28-12-16-32-62(58)69)68-59-29-13-17-33-63(59)70(64-34-18-14-30-60(64)68)72(66-36-20-10-22-50(66)2)56-47-43-54(44-48-56)40-38-52-25-7-4-8-26-52/h3-48H,1-2H3. The molecule has 0 heterocycles. The van der Waals surface area contributed by atoms with E-state index in [0.29, 0.717) is 0 Å². The van der Waals surface area contributed by atoms with Gasteiger partial charge in [0.05, 0.1) is 11.4 Å². The van der Waals surface area contributed by atoms with Crippen LogP contribution in [0.3, 0.4) is 0 Å². The van der Waals surface area contributed by atoms with E-state index >= 15 is 0 Å². The molecule has 2 heteroatoms. The number of para-hydroxylation sites is 2. The number of hydrogen-bond donors (Lipinski definition) is 0. The minimum Gasteiger partial charge on any atom is -0.309 e. The highest BCUT2D eigenvalue weighted by Crippen LogP contribution is 2.54. The van der Waals surface area contributed by atoms with Crippen LogP contribution in [0.4, 0.5) is 34.1 Å². The summed E-state index contributed by atoms with van der Waals surface area (Å²) in [5.74, 6) is 0. The second-order valence-electron chi connectivity index (χ2n) is 18.5. The van der Waals surface area contributed by atoms with Crippen LogP contribution in [0.5, 0.6) is 0 Å². The molecule has 0 spiro atoms. The highest BCUT2D eigenvalue weighted by molar-refractivity contribution is 6.30. The van der Waals surface area contributed by atoms with Gasteiger partial charge in [-0.05, 0) is 116 Å². The predicted molar refractivity (Wildman–Crippen MR) is 311 cm³/mol. The van der Waals surface area contributed by atoms with Crippen molar-refractivity contribution >= 4 is 102 Å².